The van der Waals surface area contributed by atoms with Gasteiger partial charge in [0.15, 0.2) is 5.76 Å². The van der Waals surface area contributed by atoms with Crippen LogP contribution in [-0.4, -0.2) is 51.5 Å². The number of furan rings is 1. The fourth-order valence-electron chi connectivity index (χ4n) is 2.59. The minimum Gasteiger partial charge on any atom is -0.492 e. The average molecular weight is 380 g/mol. The largest absolute Gasteiger partial charge is 0.492 e. The van der Waals surface area contributed by atoms with Crippen molar-refractivity contribution in [3.8, 4) is 5.75 Å². The number of carbonyl (C=O) groups excluding carboxylic acids is 1. The van der Waals surface area contributed by atoms with E-state index in [0.29, 0.717) is 25.5 Å². The van der Waals surface area contributed by atoms with E-state index in [2.05, 4.69) is 5.32 Å². The molecule has 2 heterocycles. The Hall–Kier alpha value is -2.36. The predicted molar refractivity (Wildman–Crippen MR) is 93.9 cm³/mol. The molecule has 1 aliphatic heterocycles. The third-order valence-electron chi connectivity index (χ3n) is 3.83. The lowest BCUT2D eigenvalue weighted by Crippen LogP contribution is -2.40. The monoisotopic (exact) mass is 380 g/mol. The van der Waals surface area contributed by atoms with Crippen LogP contribution in [0.15, 0.2) is 45.9 Å². The van der Waals surface area contributed by atoms with E-state index in [0.717, 1.165) is 0 Å². The van der Waals surface area contributed by atoms with E-state index in [9.17, 15) is 13.2 Å². The van der Waals surface area contributed by atoms with E-state index in [1.54, 1.807) is 19.1 Å². The van der Waals surface area contributed by atoms with E-state index in [-0.39, 0.29) is 29.5 Å². The van der Waals surface area contributed by atoms with Gasteiger partial charge in [-0.1, -0.05) is 0 Å². The number of morpholine rings is 1. The van der Waals surface area contributed by atoms with Crippen molar-refractivity contribution in [2.75, 3.05) is 38.2 Å². The molecule has 9 heteroatoms. The molecule has 0 atom stereocenters. The van der Waals surface area contributed by atoms with Crippen LogP contribution in [0.1, 0.15) is 17.5 Å². The summed E-state index contributed by atoms with van der Waals surface area (Å²) in [7, 11) is -3.77. The van der Waals surface area contributed by atoms with Gasteiger partial charge in [0, 0.05) is 18.8 Å². The Morgan fingerprint density at radius 1 is 1.27 bits per heavy atom. The molecule has 1 fully saturated rings. The zero-order valence-electron chi connectivity index (χ0n) is 14.3. The Morgan fingerprint density at radius 2 is 2.04 bits per heavy atom. The highest BCUT2D eigenvalue weighted by atomic mass is 32.2. The van der Waals surface area contributed by atoms with E-state index < -0.39 is 15.9 Å². The molecule has 1 aromatic carbocycles. The molecule has 0 saturated carbocycles. The molecule has 1 amide bonds. The van der Waals surface area contributed by atoms with Gasteiger partial charge in [-0.25, -0.2) is 8.42 Å². The van der Waals surface area contributed by atoms with Crippen LogP contribution in [0.3, 0.4) is 0 Å². The highest BCUT2D eigenvalue weighted by Crippen LogP contribution is 2.30. The minimum absolute atomic E-state index is 0.0125. The molecule has 0 radical (unpaired) electrons. The molecule has 0 bridgehead atoms. The molecule has 1 aromatic heterocycles. The van der Waals surface area contributed by atoms with Crippen molar-refractivity contribution in [3.63, 3.8) is 0 Å². The number of anilines is 1. The highest BCUT2D eigenvalue weighted by molar-refractivity contribution is 7.89. The number of carbonyl (C=O) groups is 1. The van der Waals surface area contributed by atoms with Crippen molar-refractivity contribution >= 4 is 21.6 Å². The topological polar surface area (TPSA) is 98.1 Å². The first-order chi connectivity index (χ1) is 12.5. The van der Waals surface area contributed by atoms with Gasteiger partial charge in [-0.15, -0.1) is 0 Å². The fourth-order valence-corrected chi connectivity index (χ4v) is 4.15. The van der Waals surface area contributed by atoms with Crippen LogP contribution in [0.5, 0.6) is 5.75 Å². The normalized spacial score (nSPS) is 15.6. The standard InChI is InChI=1S/C17H20N2O6S/c1-2-24-14-6-5-13(18-17(20)15-4-3-9-25-15)12-16(14)26(21,22)19-7-10-23-11-8-19/h3-6,9,12H,2,7-8,10-11H2,1H3,(H,18,20). The summed E-state index contributed by atoms with van der Waals surface area (Å²) in [6.45, 7) is 3.34. The number of nitrogens with one attached hydrogen (secondary N) is 1. The predicted octanol–water partition coefficient (Wildman–Crippen LogP) is 1.95. The first-order valence-electron chi connectivity index (χ1n) is 8.22. The van der Waals surface area contributed by atoms with Gasteiger partial charge in [-0.2, -0.15) is 4.31 Å². The molecule has 1 N–H and O–H groups in total. The maximum Gasteiger partial charge on any atom is 0.291 e. The van der Waals surface area contributed by atoms with Crippen molar-refractivity contribution in [2.45, 2.75) is 11.8 Å². The number of benzene rings is 1. The fraction of sp³-hybridized carbons (Fsp3) is 0.353. The van der Waals surface area contributed by atoms with Gasteiger partial charge in [0.1, 0.15) is 10.6 Å². The van der Waals surface area contributed by atoms with Crippen LogP contribution in [0, 0.1) is 0 Å². The smallest absolute Gasteiger partial charge is 0.291 e. The van der Waals surface area contributed by atoms with E-state index in [1.807, 2.05) is 0 Å². The highest BCUT2D eigenvalue weighted by Gasteiger charge is 2.29. The Labute approximate surface area is 151 Å². The maximum atomic E-state index is 13.0. The van der Waals surface area contributed by atoms with Gasteiger partial charge in [-0.05, 0) is 37.3 Å². The van der Waals surface area contributed by atoms with E-state index >= 15 is 0 Å². The molecule has 1 saturated heterocycles. The summed E-state index contributed by atoms with van der Waals surface area (Å²) < 4.78 is 43.1. The Bertz CT molecular complexity index is 857. The second-order valence-corrected chi connectivity index (χ2v) is 7.45. The van der Waals surface area contributed by atoms with Crippen molar-refractivity contribution in [1.29, 1.82) is 0 Å². The van der Waals surface area contributed by atoms with Gasteiger partial charge in [0.25, 0.3) is 5.91 Å². The zero-order valence-corrected chi connectivity index (χ0v) is 15.1. The molecule has 0 aliphatic carbocycles. The Balaban J connectivity index is 1.92. The molecule has 0 spiro atoms. The lowest BCUT2D eigenvalue weighted by Gasteiger charge is -2.27. The minimum atomic E-state index is -3.77. The summed E-state index contributed by atoms with van der Waals surface area (Å²) in [5.74, 6) is -0.0830. The van der Waals surface area contributed by atoms with E-state index in [1.165, 1.54) is 28.8 Å². The molecular weight excluding hydrogens is 360 g/mol. The van der Waals surface area contributed by atoms with E-state index in [4.69, 9.17) is 13.9 Å². The molecule has 3 rings (SSSR count). The van der Waals surface area contributed by atoms with Gasteiger partial charge in [0.2, 0.25) is 10.0 Å². The van der Waals surface area contributed by atoms with Crippen molar-refractivity contribution in [1.82, 2.24) is 4.31 Å². The van der Waals surface area contributed by atoms with Gasteiger partial charge < -0.3 is 19.2 Å². The summed E-state index contributed by atoms with van der Waals surface area (Å²) in [6, 6.07) is 7.64. The summed E-state index contributed by atoms with van der Waals surface area (Å²) in [6.07, 6.45) is 1.39. The molecule has 140 valence electrons. The number of hydrogen-bond acceptors (Lipinski definition) is 6. The Morgan fingerprint density at radius 3 is 2.69 bits per heavy atom. The summed E-state index contributed by atoms with van der Waals surface area (Å²) in [5, 5.41) is 2.63. The van der Waals surface area contributed by atoms with Crippen molar-refractivity contribution in [2.24, 2.45) is 0 Å². The number of hydrogen-bond donors (Lipinski definition) is 1. The average Bonchev–Trinajstić information content (AvgIpc) is 3.19. The molecule has 0 unspecified atom stereocenters. The molecular formula is C17H20N2O6S. The van der Waals surface area contributed by atoms with Crippen LogP contribution in [0.4, 0.5) is 5.69 Å². The number of rotatable bonds is 6. The van der Waals surface area contributed by atoms with Gasteiger partial charge in [-0.3, -0.25) is 4.79 Å². The van der Waals surface area contributed by atoms with Crippen molar-refractivity contribution in [3.05, 3.63) is 42.4 Å². The number of amides is 1. The summed E-state index contributed by atoms with van der Waals surface area (Å²) >= 11 is 0. The van der Waals surface area contributed by atoms with Gasteiger partial charge >= 0.3 is 0 Å². The molecule has 8 nitrogen and oxygen atoms in total. The number of nitrogens with zero attached hydrogens (tertiary/aromatic N) is 1. The lowest BCUT2D eigenvalue weighted by atomic mass is 10.3. The molecule has 2 aromatic rings. The lowest BCUT2D eigenvalue weighted by molar-refractivity contribution is 0.0729. The van der Waals surface area contributed by atoms with Crippen LogP contribution in [-0.2, 0) is 14.8 Å². The number of ether oxygens (including phenoxy) is 2. The molecule has 26 heavy (non-hydrogen) atoms. The number of sulfonamides is 1. The zero-order chi connectivity index (χ0) is 18.6. The summed E-state index contributed by atoms with van der Waals surface area (Å²) in [5.41, 5.74) is 0.335. The first-order valence-corrected chi connectivity index (χ1v) is 9.66. The maximum absolute atomic E-state index is 13.0. The first kappa shape index (κ1) is 18.4. The quantitative estimate of drug-likeness (QED) is 0.823. The van der Waals surface area contributed by atoms with Crippen LogP contribution >= 0.6 is 0 Å². The summed E-state index contributed by atoms with van der Waals surface area (Å²) in [4.78, 5) is 12.1. The van der Waals surface area contributed by atoms with Crippen LogP contribution in [0.2, 0.25) is 0 Å². The third-order valence-corrected chi connectivity index (χ3v) is 5.75. The van der Waals surface area contributed by atoms with Crippen LogP contribution < -0.4 is 10.1 Å². The second kappa shape index (κ2) is 7.90. The third kappa shape index (κ3) is 3.90. The Kier molecular flexibility index (Phi) is 5.60. The molecule has 1 aliphatic rings. The van der Waals surface area contributed by atoms with Crippen LogP contribution in [0.25, 0.3) is 0 Å². The SMILES string of the molecule is CCOc1ccc(NC(=O)c2ccco2)cc1S(=O)(=O)N1CCOCC1. The van der Waals surface area contributed by atoms with Crippen molar-refractivity contribution < 1.29 is 27.1 Å². The van der Waals surface area contributed by atoms with Gasteiger partial charge in [0.05, 0.1) is 26.1 Å². The second-order valence-electron chi connectivity index (χ2n) is 5.54.